The molecule has 202 valence electrons. The van der Waals surface area contributed by atoms with Gasteiger partial charge in [0.05, 0.1) is 28.0 Å². The van der Waals surface area contributed by atoms with Crippen LogP contribution in [-0.2, 0) is 9.59 Å². The number of hydrogen-bond acceptors (Lipinski definition) is 3. The minimum atomic E-state index is -0.922. The molecule has 1 aromatic heterocycles. The molecule has 2 aliphatic heterocycles. The molecule has 39 heavy (non-hydrogen) atoms. The van der Waals surface area contributed by atoms with Crippen LogP contribution in [0.5, 0.6) is 0 Å². The Labute approximate surface area is 227 Å². The van der Waals surface area contributed by atoms with Crippen molar-refractivity contribution in [1.29, 1.82) is 0 Å². The number of anilines is 1. The van der Waals surface area contributed by atoms with Crippen LogP contribution < -0.4 is 5.32 Å². The maximum absolute atomic E-state index is 15.0. The summed E-state index contributed by atoms with van der Waals surface area (Å²) < 4.78 is 58.2. The van der Waals surface area contributed by atoms with Gasteiger partial charge in [-0.05, 0) is 60.7 Å². The van der Waals surface area contributed by atoms with E-state index < -0.39 is 41.1 Å². The molecule has 2 bridgehead atoms. The lowest BCUT2D eigenvalue weighted by atomic mass is 9.92. The Morgan fingerprint density at radius 3 is 2.56 bits per heavy atom. The molecule has 5 nitrogen and oxygen atoms in total. The Kier molecular flexibility index (Phi) is 7.44. The highest BCUT2D eigenvalue weighted by molar-refractivity contribution is 6.31. The van der Waals surface area contributed by atoms with Gasteiger partial charge in [0, 0.05) is 36.4 Å². The van der Waals surface area contributed by atoms with Gasteiger partial charge in [0.1, 0.15) is 17.5 Å². The summed E-state index contributed by atoms with van der Waals surface area (Å²) in [5.74, 6) is -4.71. The molecule has 0 radical (unpaired) electrons. The van der Waals surface area contributed by atoms with E-state index in [1.54, 1.807) is 24.0 Å². The predicted octanol–water partition coefficient (Wildman–Crippen LogP) is 7.07. The van der Waals surface area contributed by atoms with E-state index in [0.29, 0.717) is 30.5 Å². The van der Waals surface area contributed by atoms with Crippen molar-refractivity contribution in [3.05, 3.63) is 88.2 Å². The van der Waals surface area contributed by atoms with Crippen molar-refractivity contribution < 1.29 is 27.2 Å². The molecule has 5 rings (SSSR count). The van der Waals surface area contributed by atoms with Gasteiger partial charge in [0.2, 0.25) is 11.8 Å². The molecule has 0 spiro atoms. The van der Waals surface area contributed by atoms with Crippen LogP contribution in [0.4, 0.5) is 23.2 Å². The zero-order valence-electron chi connectivity index (χ0n) is 20.9. The maximum atomic E-state index is 15.0. The van der Waals surface area contributed by atoms with Crippen molar-refractivity contribution in [2.24, 2.45) is 5.92 Å². The van der Waals surface area contributed by atoms with Gasteiger partial charge < -0.3 is 10.2 Å². The first-order chi connectivity index (χ1) is 18.6. The molecule has 3 aromatic rings. The summed E-state index contributed by atoms with van der Waals surface area (Å²) in [7, 11) is 0. The Bertz CT molecular complexity index is 1510. The van der Waals surface area contributed by atoms with Gasteiger partial charge in [-0.2, -0.15) is 0 Å². The van der Waals surface area contributed by atoms with E-state index >= 15 is 4.39 Å². The van der Waals surface area contributed by atoms with Crippen LogP contribution in [0.15, 0.2) is 48.7 Å². The van der Waals surface area contributed by atoms with Crippen molar-refractivity contribution >= 4 is 34.7 Å². The molecule has 3 heterocycles. The molecule has 0 saturated carbocycles. The standard InChI is InChI=1S/C29H24ClF4N3O2/c1-15-3-2-4-24(37-10-8-17(12-25(37)38)27-20(32)6-5-19(30)28(27)34)22-11-16(7-9-35-22)26-21(33)13-18(31)14-23(26)36-29(15)39/h5-7,9,11-15,24H,2-4,8,10H2,1H3,(H,36,39). The number of amides is 2. The van der Waals surface area contributed by atoms with Crippen LogP contribution in [0.3, 0.4) is 0 Å². The topological polar surface area (TPSA) is 62.3 Å². The summed E-state index contributed by atoms with van der Waals surface area (Å²) in [4.78, 5) is 32.2. The maximum Gasteiger partial charge on any atom is 0.247 e. The molecule has 0 saturated heterocycles. The first-order valence-electron chi connectivity index (χ1n) is 12.5. The number of carbonyl (C=O) groups is 2. The van der Waals surface area contributed by atoms with Crippen molar-refractivity contribution in [1.82, 2.24) is 9.88 Å². The lowest BCUT2D eigenvalue weighted by Gasteiger charge is -2.34. The number of benzene rings is 2. The van der Waals surface area contributed by atoms with Gasteiger partial charge in [-0.25, -0.2) is 17.6 Å². The number of carbonyl (C=O) groups excluding carboxylic acids is 2. The lowest BCUT2D eigenvalue weighted by Crippen LogP contribution is -2.38. The summed E-state index contributed by atoms with van der Waals surface area (Å²) in [5.41, 5.74) is 0.729. The van der Waals surface area contributed by atoms with Crippen molar-refractivity contribution in [2.45, 2.75) is 38.6 Å². The molecule has 2 atom stereocenters. The zero-order valence-corrected chi connectivity index (χ0v) is 21.7. The summed E-state index contributed by atoms with van der Waals surface area (Å²) in [6.45, 7) is 1.87. The third-order valence-corrected chi connectivity index (χ3v) is 7.52. The van der Waals surface area contributed by atoms with E-state index in [-0.39, 0.29) is 46.3 Å². The van der Waals surface area contributed by atoms with Crippen LogP contribution in [0, 0.1) is 29.2 Å². The SMILES string of the molecule is CC1CCCC(N2CCC(c3c(F)ccc(Cl)c3F)=CC2=O)c2cc(ccn2)-c2c(F)cc(F)cc2NC1=O. The number of nitrogens with zero attached hydrogens (tertiary/aromatic N) is 2. The second kappa shape index (κ2) is 10.8. The Balaban J connectivity index is 1.56. The smallest absolute Gasteiger partial charge is 0.247 e. The normalized spacial score (nSPS) is 19.9. The number of rotatable bonds is 2. The van der Waals surface area contributed by atoms with Gasteiger partial charge in [0.25, 0.3) is 0 Å². The fourth-order valence-electron chi connectivity index (χ4n) is 5.20. The van der Waals surface area contributed by atoms with E-state index in [4.69, 9.17) is 11.6 Å². The van der Waals surface area contributed by atoms with E-state index in [9.17, 15) is 22.8 Å². The van der Waals surface area contributed by atoms with Crippen LogP contribution in [-0.4, -0.2) is 28.2 Å². The number of aromatic nitrogens is 1. The molecule has 2 unspecified atom stereocenters. The van der Waals surface area contributed by atoms with Crippen molar-refractivity contribution in [3.63, 3.8) is 0 Å². The summed E-state index contributed by atoms with van der Waals surface area (Å²) in [6.07, 6.45) is 4.29. The number of nitrogens with one attached hydrogen (secondary N) is 1. The monoisotopic (exact) mass is 557 g/mol. The molecule has 0 fully saturated rings. The average molecular weight is 558 g/mol. The Morgan fingerprint density at radius 2 is 1.79 bits per heavy atom. The highest BCUT2D eigenvalue weighted by Gasteiger charge is 2.31. The second-order valence-corrected chi connectivity index (χ2v) is 10.2. The van der Waals surface area contributed by atoms with Gasteiger partial charge in [-0.1, -0.05) is 24.9 Å². The lowest BCUT2D eigenvalue weighted by molar-refractivity contribution is -0.129. The molecule has 1 N–H and O–H groups in total. The minimum absolute atomic E-state index is 0.00539. The molecule has 2 amide bonds. The van der Waals surface area contributed by atoms with Gasteiger partial charge in [0.15, 0.2) is 5.82 Å². The third kappa shape index (κ3) is 5.28. The Hall–Kier alpha value is -3.72. The van der Waals surface area contributed by atoms with Gasteiger partial charge in [-0.3, -0.25) is 14.6 Å². The second-order valence-electron chi connectivity index (χ2n) is 9.79. The third-order valence-electron chi connectivity index (χ3n) is 7.23. The summed E-state index contributed by atoms with van der Waals surface area (Å²) in [5, 5.41) is 2.41. The number of fused-ring (bicyclic) bond motifs is 4. The largest absolute Gasteiger partial charge is 0.330 e. The number of halogens is 5. The fourth-order valence-corrected chi connectivity index (χ4v) is 5.36. The zero-order chi connectivity index (χ0) is 27.8. The molecule has 2 aromatic carbocycles. The summed E-state index contributed by atoms with van der Waals surface area (Å²) >= 11 is 5.85. The first kappa shape index (κ1) is 26.9. The van der Waals surface area contributed by atoms with Crippen molar-refractivity contribution in [3.8, 4) is 11.1 Å². The van der Waals surface area contributed by atoms with Crippen LogP contribution >= 0.6 is 11.6 Å². The molecule has 10 heteroatoms. The highest BCUT2D eigenvalue weighted by Crippen LogP contribution is 2.38. The highest BCUT2D eigenvalue weighted by atomic mass is 35.5. The van der Waals surface area contributed by atoms with E-state index in [1.807, 2.05) is 0 Å². The van der Waals surface area contributed by atoms with Gasteiger partial charge in [-0.15, -0.1) is 0 Å². The van der Waals surface area contributed by atoms with Crippen LogP contribution in [0.2, 0.25) is 5.02 Å². The first-order valence-corrected chi connectivity index (χ1v) is 12.9. The molecular formula is C29H24ClF4N3O2. The van der Waals surface area contributed by atoms with Crippen LogP contribution in [0.25, 0.3) is 16.7 Å². The minimum Gasteiger partial charge on any atom is -0.330 e. The number of pyridine rings is 1. The number of hydrogen-bond donors (Lipinski definition) is 1. The van der Waals surface area contributed by atoms with Gasteiger partial charge >= 0.3 is 0 Å². The molecule has 0 aliphatic carbocycles. The summed E-state index contributed by atoms with van der Waals surface area (Å²) in [6, 6.07) is 6.60. The van der Waals surface area contributed by atoms with Crippen LogP contribution in [0.1, 0.15) is 49.9 Å². The van der Waals surface area contributed by atoms with E-state index in [2.05, 4.69) is 10.3 Å². The Morgan fingerprint density at radius 1 is 1.00 bits per heavy atom. The molecule has 2 aliphatic rings. The predicted molar refractivity (Wildman–Crippen MR) is 140 cm³/mol. The van der Waals surface area contributed by atoms with E-state index in [0.717, 1.165) is 24.3 Å². The molecular weight excluding hydrogens is 534 g/mol. The van der Waals surface area contributed by atoms with E-state index in [1.165, 1.54) is 12.3 Å². The fraction of sp³-hybridized carbons (Fsp3) is 0.276. The average Bonchev–Trinajstić information content (AvgIpc) is 2.89. The quantitative estimate of drug-likeness (QED) is 0.271. The van der Waals surface area contributed by atoms with Crippen molar-refractivity contribution in [2.75, 3.05) is 11.9 Å².